The molecule has 8 fully saturated rings. The average Bonchev–Trinajstić information content (AvgIpc) is 1.63. The zero-order valence-corrected chi connectivity index (χ0v) is 81.8. The molecule has 7 aliphatic carbocycles. The number of aliphatic hydroxyl groups excluding tert-OH is 3. The minimum atomic E-state index is -2.67. The Morgan fingerprint density at radius 1 is 0.393 bits per heavy atom. The van der Waals surface area contributed by atoms with Crippen molar-refractivity contribution < 1.29 is 84.7 Å². The van der Waals surface area contributed by atoms with E-state index in [1.807, 2.05) is 30.3 Å². The predicted octanol–water partition coefficient (Wildman–Crippen LogP) is 8.19. The number of aliphatic hydroxyl groups is 3. The van der Waals surface area contributed by atoms with Crippen LogP contribution in [-0.2, 0) is 4.74 Å². The quantitative estimate of drug-likeness (QED) is 0.0164. The average molecular weight is 2060 g/mol. The Bertz CT molecular complexity index is 7650. The molecule has 4 unspecified atom stereocenters. The molecule has 0 aromatic carbocycles. The number of rotatable bonds is 36. The maximum atomic E-state index is 13.3. The van der Waals surface area contributed by atoms with Crippen LogP contribution in [0.25, 0.3) is 28.2 Å². The van der Waals surface area contributed by atoms with E-state index in [1.54, 1.807) is 121 Å². The molecule has 18 N–H and O–H groups in total. The summed E-state index contributed by atoms with van der Waals surface area (Å²) in [7, 11) is 5.64. The maximum Gasteiger partial charge on any atom is 0.257 e. The van der Waals surface area contributed by atoms with Crippen molar-refractivity contribution in [2.45, 2.75) is 157 Å². The molecule has 50 nitrogen and oxygen atoms in total. The van der Waals surface area contributed by atoms with Crippen LogP contribution in [0.1, 0.15) is 143 Å². The highest BCUT2D eigenvalue weighted by Gasteiger charge is 2.42. The summed E-state index contributed by atoms with van der Waals surface area (Å²) in [6, 6.07) is 24.4. The Hall–Kier alpha value is -17.1. The number of morpholine rings is 1. The summed E-state index contributed by atoms with van der Waals surface area (Å²) in [5.74, 6) is 4.44. The second-order valence-electron chi connectivity index (χ2n) is 36.1. The molecule has 23 rings (SSSR count). The van der Waals surface area contributed by atoms with E-state index in [0.29, 0.717) is 165 Å². The Morgan fingerprint density at radius 3 is 0.953 bits per heavy atom. The summed E-state index contributed by atoms with van der Waals surface area (Å²) in [4.78, 5) is 109. The maximum absolute atomic E-state index is 13.3. The van der Waals surface area contributed by atoms with Gasteiger partial charge in [-0.25, -0.2) is 58.6 Å². The fourth-order valence-corrected chi connectivity index (χ4v) is 16.2. The first kappa shape index (κ1) is 93.9. The van der Waals surface area contributed by atoms with Gasteiger partial charge in [-0.3, -0.25) is 28.9 Å². The molecule has 0 spiro atoms. The monoisotopic (exact) mass is 2060 g/mol. The van der Waals surface area contributed by atoms with E-state index >= 15 is 0 Å². The van der Waals surface area contributed by atoms with Crippen LogP contribution in [0.5, 0.6) is 29.4 Å². The Labute approximate surface area is 863 Å². The van der Waals surface area contributed by atoms with Crippen LogP contribution < -0.4 is 103 Å². The molecule has 1 aliphatic heterocycles. The van der Waals surface area contributed by atoms with Gasteiger partial charge in [-0.05, 0) is 138 Å². The van der Waals surface area contributed by atoms with Crippen LogP contribution in [0.2, 0.25) is 0 Å². The second-order valence-corrected chi connectivity index (χ2v) is 36.1. The van der Waals surface area contributed by atoms with Crippen LogP contribution in [0.4, 0.5) is 95.4 Å². The van der Waals surface area contributed by atoms with Gasteiger partial charge in [-0.2, -0.15) is 48.1 Å². The molecule has 16 heterocycles. The van der Waals surface area contributed by atoms with E-state index in [2.05, 4.69) is 160 Å². The van der Waals surface area contributed by atoms with Gasteiger partial charge in [0, 0.05) is 126 Å². The lowest BCUT2D eigenvalue weighted by molar-refractivity contribution is 0.0378. The zero-order chi connectivity index (χ0) is 109. The van der Waals surface area contributed by atoms with Gasteiger partial charge in [0.15, 0.2) is 28.2 Å². The summed E-state index contributed by atoms with van der Waals surface area (Å²) >= 11 is 0. The standard InChI is InChI=1S/C23H29FN8O3.C20H23N7O3.C19H20FN7O2.2C18H21N7O3/c1-34-23-17(4-2-5-26-23)28-19-13-20(25-6-3-7-31-8-10-35-11-9-31)32-21(30-19)15(14-27-32)22(33)29-18-12-16(18)24;1-21-17-9-16(24-14-3-2-8-22-20(14)30-11-4-5-11)26-18-12(10-23-27(17)18)19(29)25-13-6-7-15(13)28;1-21-16-8-15(24-13-3-2-6-22-19(13)29-10-4-5-10)26-17-11(9-23-27(16)17)18(28)25-14-7-12(14)20;2*1-19-15-8-14(22-12-4-3-7-20-18(12)28-2)24-16-10(9-21-25(15)16)17(27)23-11-5-6-13(11)26/h2,4-5,13-14,16,18,25H,3,6-12H2,1H3,(H,28,30)(H,29,33);2-3,8-11,13,15,21,28H,4-7H2,1H3,(H,24,26)(H,25,29);2-3,6,8-10,12,14,21H,4-5,7H2,1H3,(H,24,26)(H,25,28);2*3-4,7-9,11,13,19,26H,5-6H2,1-2H3,(H,22,24)(H,23,27)/t16-,18+;;12-,14+;11-,13+;/m1.11./s1/i;;1D3;2D3;. The number of pyridine rings is 5. The van der Waals surface area contributed by atoms with E-state index < -0.39 is 74.5 Å². The number of methoxy groups -OCH3 is 3. The second kappa shape index (κ2) is 45.9. The zero-order valence-electron chi connectivity index (χ0n) is 87.8. The first-order chi connectivity index (χ1) is 75.4. The number of ether oxygens (including phenoxy) is 6. The van der Waals surface area contributed by atoms with E-state index in [9.17, 15) is 48.1 Å². The molecule has 0 radical (unpaired) electrons. The largest absolute Gasteiger partial charge is 0.480 e. The van der Waals surface area contributed by atoms with Crippen molar-refractivity contribution in [3.8, 4) is 29.4 Å². The van der Waals surface area contributed by atoms with Crippen LogP contribution in [-0.4, -0.2) is 310 Å². The number of nitrogens with one attached hydrogen (secondary N) is 15. The number of nitrogens with zero attached hydrogens (tertiary/aromatic N) is 21. The summed E-state index contributed by atoms with van der Waals surface area (Å²) in [5, 5.41) is 94.9. The third-order valence-corrected chi connectivity index (χ3v) is 25.5. The number of hydrogen-bond acceptors (Lipinski definition) is 40. The lowest BCUT2D eigenvalue weighted by Crippen LogP contribution is -2.50. The predicted molar refractivity (Wildman–Crippen MR) is 549 cm³/mol. The molecule has 150 heavy (non-hydrogen) atoms. The summed E-state index contributed by atoms with van der Waals surface area (Å²) < 4.78 is 111. The van der Waals surface area contributed by atoms with Gasteiger partial charge in [-0.15, -0.1) is 0 Å². The van der Waals surface area contributed by atoms with E-state index in [-0.39, 0.29) is 94.1 Å². The van der Waals surface area contributed by atoms with Crippen molar-refractivity contribution >= 4 is 144 Å². The fourth-order valence-electron chi connectivity index (χ4n) is 16.2. The molecule has 0 bridgehead atoms. The van der Waals surface area contributed by atoms with Gasteiger partial charge < -0.3 is 123 Å². The third-order valence-electron chi connectivity index (χ3n) is 25.5. The molecule has 15 aromatic heterocycles. The number of carbonyl (C=O) groups excluding carboxylic acids is 5. The number of hydrogen-bond donors (Lipinski definition) is 18. The van der Waals surface area contributed by atoms with E-state index in [1.165, 1.54) is 59.4 Å². The minimum Gasteiger partial charge on any atom is -0.480 e. The molecule has 8 aliphatic rings. The van der Waals surface area contributed by atoms with Crippen molar-refractivity contribution in [3.63, 3.8) is 0 Å². The number of alkyl halides is 2. The first-order valence-corrected chi connectivity index (χ1v) is 48.7. The van der Waals surface area contributed by atoms with Crippen LogP contribution in [0.15, 0.2) is 153 Å². The normalized spacial score (nSPS) is 20.3. The number of halogens is 2. The topological polar surface area (TPSA) is 601 Å². The van der Waals surface area contributed by atoms with Gasteiger partial charge in [0.2, 0.25) is 29.4 Å². The highest BCUT2D eigenvalue weighted by molar-refractivity contribution is 6.04. The molecule has 52 heteroatoms. The van der Waals surface area contributed by atoms with Crippen LogP contribution in [0, 0.1) is 0 Å². The van der Waals surface area contributed by atoms with Gasteiger partial charge in [-0.1, -0.05) is 0 Å². The molecular formula is C98H114F2N36O14. The number of amides is 5. The smallest absolute Gasteiger partial charge is 0.257 e. The lowest BCUT2D eigenvalue weighted by Gasteiger charge is -2.32. The Morgan fingerprint density at radius 2 is 0.680 bits per heavy atom. The first-order valence-electron chi connectivity index (χ1n) is 51.7. The van der Waals surface area contributed by atoms with Crippen molar-refractivity contribution in [2.75, 3.05) is 142 Å². The Balaban J connectivity index is 0.000000122. The van der Waals surface area contributed by atoms with Crippen LogP contribution >= 0.6 is 0 Å². The molecule has 10 atom stereocenters. The van der Waals surface area contributed by atoms with Crippen molar-refractivity contribution in [2.24, 2.45) is 0 Å². The molecule has 15 aromatic rings. The fraction of sp³-hybridized carbons (Fsp3) is 0.388. The number of anilines is 15. The molecular weight excluding hydrogens is 1940 g/mol. The van der Waals surface area contributed by atoms with Crippen molar-refractivity contribution in [1.29, 1.82) is 0 Å². The van der Waals surface area contributed by atoms with Gasteiger partial charge >= 0.3 is 0 Å². The lowest BCUT2D eigenvalue weighted by atomic mass is 9.89. The molecule has 5 amide bonds. The van der Waals surface area contributed by atoms with E-state index in [4.69, 9.17) is 36.6 Å². The minimum absolute atomic E-state index is 0.0971. The number of aromatic nitrogens is 20. The Kier molecular flexibility index (Phi) is 28.7. The van der Waals surface area contributed by atoms with Gasteiger partial charge in [0.25, 0.3) is 29.5 Å². The molecule has 784 valence electrons. The van der Waals surface area contributed by atoms with E-state index in [0.717, 1.165) is 77.8 Å². The highest BCUT2D eigenvalue weighted by atomic mass is 19.1. The highest BCUT2D eigenvalue weighted by Crippen LogP contribution is 2.39. The molecule has 1 saturated heterocycles. The third kappa shape index (κ3) is 23.7. The van der Waals surface area contributed by atoms with Gasteiger partial charge in [0.05, 0.1) is 118 Å². The summed E-state index contributed by atoms with van der Waals surface area (Å²) in [6.07, 6.45) is 21.6. The van der Waals surface area contributed by atoms with Gasteiger partial charge in [0.1, 0.15) is 139 Å². The summed E-state index contributed by atoms with van der Waals surface area (Å²) in [6.45, 7) is 2.59. The molecule has 7 saturated carbocycles. The van der Waals surface area contributed by atoms with Crippen LogP contribution in [0.3, 0.4) is 0 Å². The van der Waals surface area contributed by atoms with Crippen molar-refractivity contribution in [3.05, 3.63) is 181 Å². The van der Waals surface area contributed by atoms with Crippen molar-refractivity contribution in [1.82, 2.24) is 129 Å². The number of carbonyl (C=O) groups is 5. The summed E-state index contributed by atoms with van der Waals surface area (Å²) in [5.41, 5.74) is 5.66. The number of fused-ring (bicyclic) bond motifs is 5. The SMILES string of the molecule is CNc1cc(Nc2cccnc2OC)nc2c(C(=O)NC3CCC3O)cnn12.CNc1cc(Nc2cccnc2OC2CC2)nc2c(C(=O)NC3CCC3O)cnn12.COc1ncccc1Nc1cc(NCCCN2CCOCC2)n2ncc(C(=O)N[C@H]3C[C@H]3F)c2n1.[2H]C([2H])([2H])Nc1cc(Nc2cccnc2OC2CC2)nc2c(C(=O)N[C@H]3C[C@H]3F)cnn12.[2H]C([2H])([2H])Oc1ncccc1Nc1cc(NC)n2ncc(C(=O)N[C@@H]3CC[C@@H]3O)c2n1.